The van der Waals surface area contributed by atoms with Gasteiger partial charge < -0.3 is 14.6 Å². The molecule has 4 rings (SSSR count). The van der Waals surface area contributed by atoms with Crippen molar-refractivity contribution in [1.29, 1.82) is 0 Å². The molecule has 0 aliphatic carbocycles. The lowest BCUT2D eigenvalue weighted by Crippen LogP contribution is -2.35. The fraction of sp³-hybridized carbons (Fsp3) is 0.250. The van der Waals surface area contributed by atoms with E-state index in [-0.39, 0.29) is 5.91 Å². The monoisotopic (exact) mass is 313 g/mol. The fourth-order valence-electron chi connectivity index (χ4n) is 2.79. The smallest absolute Gasteiger partial charge is 0.273 e. The number of rotatable bonds is 2. The lowest BCUT2D eigenvalue weighted by atomic mass is 10.1. The van der Waals surface area contributed by atoms with Crippen LogP contribution in [0.2, 0.25) is 0 Å². The maximum atomic E-state index is 12.7. The molecule has 1 amide bonds. The van der Waals surface area contributed by atoms with E-state index in [0.29, 0.717) is 24.0 Å². The number of benzene rings is 1. The van der Waals surface area contributed by atoms with E-state index in [4.69, 9.17) is 4.74 Å². The van der Waals surface area contributed by atoms with Gasteiger partial charge in [-0.05, 0) is 12.1 Å². The van der Waals surface area contributed by atoms with Gasteiger partial charge in [-0.2, -0.15) is 0 Å². The molecule has 0 unspecified atom stereocenters. The Kier molecular flexibility index (Phi) is 3.11. The highest BCUT2D eigenvalue weighted by molar-refractivity contribution is 7.13. The molecule has 1 aliphatic heterocycles. The number of thiazole rings is 1. The number of para-hydroxylation sites is 1. The Balaban J connectivity index is 1.60. The Labute approximate surface area is 131 Å². The van der Waals surface area contributed by atoms with Gasteiger partial charge in [-0.15, -0.1) is 0 Å². The third-order valence-corrected chi connectivity index (χ3v) is 4.98. The summed E-state index contributed by atoms with van der Waals surface area (Å²) in [7, 11) is 1.62. The topological polar surface area (TPSA) is 58.2 Å². The normalized spacial score (nSPS) is 14.1. The Morgan fingerprint density at radius 1 is 1.41 bits per heavy atom. The molecule has 0 atom stereocenters. The average molecular weight is 313 g/mol. The molecular formula is C16H15N3O2S. The van der Waals surface area contributed by atoms with E-state index >= 15 is 0 Å². The van der Waals surface area contributed by atoms with E-state index in [1.165, 1.54) is 11.3 Å². The number of aromatic nitrogens is 2. The van der Waals surface area contributed by atoms with Crippen molar-refractivity contribution in [1.82, 2.24) is 14.9 Å². The number of carbonyl (C=O) groups excluding carboxylic acids is 1. The van der Waals surface area contributed by atoms with Gasteiger partial charge in [0.25, 0.3) is 11.1 Å². The first-order chi connectivity index (χ1) is 10.7. The molecule has 1 N–H and O–H groups in total. The van der Waals surface area contributed by atoms with Gasteiger partial charge in [-0.1, -0.05) is 29.5 Å². The number of ether oxygens (including phenoxy) is 1. The summed E-state index contributed by atoms with van der Waals surface area (Å²) in [6.45, 7) is 1.29. The summed E-state index contributed by atoms with van der Waals surface area (Å²) >= 11 is 1.52. The second-order valence-electron chi connectivity index (χ2n) is 5.30. The van der Waals surface area contributed by atoms with Crippen LogP contribution in [0.4, 0.5) is 0 Å². The van der Waals surface area contributed by atoms with Crippen molar-refractivity contribution in [3.8, 4) is 5.19 Å². The molecule has 1 aromatic carbocycles. The summed E-state index contributed by atoms with van der Waals surface area (Å²) < 4.78 is 5.18. The summed E-state index contributed by atoms with van der Waals surface area (Å²) in [5.74, 6) is 0.0363. The van der Waals surface area contributed by atoms with Gasteiger partial charge in [0, 0.05) is 23.9 Å². The van der Waals surface area contributed by atoms with Crippen molar-refractivity contribution in [3.63, 3.8) is 0 Å². The largest absolute Gasteiger partial charge is 0.473 e. The summed E-state index contributed by atoms with van der Waals surface area (Å²) in [5, 5.41) is 1.73. The van der Waals surface area contributed by atoms with Crippen molar-refractivity contribution in [2.45, 2.75) is 13.0 Å². The van der Waals surface area contributed by atoms with Gasteiger partial charge >= 0.3 is 0 Å². The van der Waals surface area contributed by atoms with Gasteiger partial charge in [-0.3, -0.25) is 4.79 Å². The van der Waals surface area contributed by atoms with E-state index in [1.54, 1.807) is 7.11 Å². The number of hydrogen-bond donors (Lipinski definition) is 1. The van der Waals surface area contributed by atoms with Crippen LogP contribution in [0.3, 0.4) is 0 Å². The molecule has 112 valence electrons. The van der Waals surface area contributed by atoms with E-state index in [9.17, 15) is 4.79 Å². The van der Waals surface area contributed by atoms with Crippen molar-refractivity contribution < 1.29 is 9.53 Å². The van der Waals surface area contributed by atoms with Gasteiger partial charge in [0.1, 0.15) is 5.69 Å². The number of fused-ring (bicyclic) bond motifs is 2. The number of methoxy groups -OCH3 is 1. The Morgan fingerprint density at radius 3 is 3.09 bits per heavy atom. The maximum Gasteiger partial charge on any atom is 0.273 e. The SMILES string of the molecule is COc1nc2c(s1)CN(C(=O)c1cc3ccccc3[nH]1)CC2. The van der Waals surface area contributed by atoms with Crippen LogP contribution in [0.15, 0.2) is 30.3 Å². The molecule has 0 fully saturated rings. The Hall–Kier alpha value is -2.34. The van der Waals surface area contributed by atoms with Crippen LogP contribution in [0.25, 0.3) is 10.9 Å². The highest BCUT2D eigenvalue weighted by atomic mass is 32.1. The summed E-state index contributed by atoms with van der Waals surface area (Å²) in [6, 6.07) is 9.84. The van der Waals surface area contributed by atoms with Crippen LogP contribution in [-0.4, -0.2) is 34.4 Å². The van der Waals surface area contributed by atoms with Crippen LogP contribution in [0.1, 0.15) is 21.1 Å². The Morgan fingerprint density at radius 2 is 2.27 bits per heavy atom. The molecule has 0 spiro atoms. The molecule has 3 heterocycles. The molecule has 1 aliphatic rings. The average Bonchev–Trinajstić information content (AvgIpc) is 3.16. The predicted octanol–water partition coefficient (Wildman–Crippen LogP) is 2.83. The highest BCUT2D eigenvalue weighted by Crippen LogP contribution is 2.30. The zero-order chi connectivity index (χ0) is 15.1. The molecule has 2 aromatic heterocycles. The highest BCUT2D eigenvalue weighted by Gasteiger charge is 2.26. The van der Waals surface area contributed by atoms with Gasteiger partial charge in [0.15, 0.2) is 0 Å². The van der Waals surface area contributed by atoms with Crippen molar-refractivity contribution in [2.24, 2.45) is 0 Å². The first-order valence-electron chi connectivity index (χ1n) is 7.14. The van der Waals surface area contributed by atoms with Crippen molar-refractivity contribution in [3.05, 3.63) is 46.6 Å². The summed E-state index contributed by atoms with van der Waals surface area (Å²) in [5.41, 5.74) is 2.69. The number of H-pyrrole nitrogens is 1. The molecule has 0 saturated heterocycles. The second kappa shape index (κ2) is 5.14. The molecular weight excluding hydrogens is 298 g/mol. The summed E-state index contributed by atoms with van der Waals surface area (Å²) in [4.78, 5) is 23.3. The lowest BCUT2D eigenvalue weighted by Gasteiger charge is -2.25. The minimum Gasteiger partial charge on any atom is -0.473 e. The number of carbonyl (C=O) groups is 1. The minimum absolute atomic E-state index is 0.0363. The maximum absolute atomic E-state index is 12.7. The number of nitrogens with one attached hydrogen (secondary N) is 1. The van der Waals surface area contributed by atoms with Crippen LogP contribution in [0.5, 0.6) is 5.19 Å². The number of aromatic amines is 1. The quantitative estimate of drug-likeness (QED) is 0.791. The van der Waals surface area contributed by atoms with Gasteiger partial charge in [-0.25, -0.2) is 4.98 Å². The van der Waals surface area contributed by atoms with Crippen LogP contribution < -0.4 is 4.74 Å². The van der Waals surface area contributed by atoms with Crippen molar-refractivity contribution >= 4 is 28.1 Å². The van der Waals surface area contributed by atoms with Crippen LogP contribution in [-0.2, 0) is 13.0 Å². The number of amides is 1. The third-order valence-electron chi connectivity index (χ3n) is 3.93. The molecule has 22 heavy (non-hydrogen) atoms. The number of nitrogens with zero attached hydrogens (tertiary/aromatic N) is 2. The predicted molar refractivity (Wildman–Crippen MR) is 85.4 cm³/mol. The molecule has 3 aromatic rings. The van der Waals surface area contributed by atoms with Crippen molar-refractivity contribution in [2.75, 3.05) is 13.7 Å². The van der Waals surface area contributed by atoms with E-state index < -0.39 is 0 Å². The first-order valence-corrected chi connectivity index (χ1v) is 7.96. The van der Waals surface area contributed by atoms with E-state index in [2.05, 4.69) is 9.97 Å². The molecule has 0 radical (unpaired) electrons. The zero-order valence-electron chi connectivity index (χ0n) is 12.1. The van der Waals surface area contributed by atoms with Gasteiger partial charge in [0.2, 0.25) is 0 Å². The second-order valence-corrected chi connectivity index (χ2v) is 6.35. The number of hydrogen-bond acceptors (Lipinski definition) is 4. The molecule has 0 saturated carbocycles. The fourth-order valence-corrected chi connectivity index (χ4v) is 3.73. The first kappa shape index (κ1) is 13.3. The zero-order valence-corrected chi connectivity index (χ0v) is 12.9. The molecule has 0 bridgehead atoms. The lowest BCUT2D eigenvalue weighted by molar-refractivity contribution is 0.0731. The third kappa shape index (κ3) is 2.16. The van der Waals surface area contributed by atoms with E-state index in [1.807, 2.05) is 35.2 Å². The summed E-state index contributed by atoms with van der Waals surface area (Å²) in [6.07, 6.45) is 0.779. The minimum atomic E-state index is 0.0363. The van der Waals surface area contributed by atoms with E-state index in [0.717, 1.165) is 27.9 Å². The molecule has 6 heteroatoms. The van der Waals surface area contributed by atoms with Crippen LogP contribution in [0, 0.1) is 0 Å². The van der Waals surface area contributed by atoms with Crippen LogP contribution >= 0.6 is 11.3 Å². The Bertz CT molecular complexity index is 819. The molecule has 5 nitrogen and oxygen atoms in total. The van der Waals surface area contributed by atoms with Gasteiger partial charge in [0.05, 0.1) is 24.2 Å². The standard InChI is InChI=1S/C16H15N3O2S/c1-21-16-18-12-6-7-19(9-14(12)22-16)15(20)13-8-10-4-2-3-5-11(10)17-13/h2-5,8,17H,6-7,9H2,1H3.